The Hall–Kier alpha value is -3.82. The van der Waals surface area contributed by atoms with Crippen LogP contribution >= 0.6 is 0 Å². The molecule has 182 valence electrons. The van der Waals surface area contributed by atoms with Crippen molar-refractivity contribution in [3.05, 3.63) is 77.1 Å². The lowest BCUT2D eigenvalue weighted by molar-refractivity contribution is -0.138. The molecule has 35 heavy (non-hydrogen) atoms. The van der Waals surface area contributed by atoms with Crippen LogP contribution in [0.25, 0.3) is 11.1 Å². The molecular formula is C25H23F3N4O3. The number of rotatable bonds is 8. The molecule has 1 aromatic carbocycles. The molecule has 0 radical (unpaired) electrons. The van der Waals surface area contributed by atoms with E-state index in [1.165, 1.54) is 23.4 Å². The van der Waals surface area contributed by atoms with E-state index in [1.54, 1.807) is 25.4 Å². The number of amides is 1. The quantitative estimate of drug-likeness (QED) is 0.508. The number of hydrogen-bond donors (Lipinski definition) is 1. The van der Waals surface area contributed by atoms with Gasteiger partial charge in [0.25, 0.3) is 0 Å². The van der Waals surface area contributed by atoms with Crippen molar-refractivity contribution in [1.29, 1.82) is 0 Å². The highest BCUT2D eigenvalue weighted by molar-refractivity contribution is 5.81. The molecule has 1 saturated carbocycles. The van der Waals surface area contributed by atoms with Gasteiger partial charge in [-0.2, -0.15) is 13.2 Å². The molecule has 0 aliphatic heterocycles. The van der Waals surface area contributed by atoms with Crippen molar-refractivity contribution >= 4 is 11.9 Å². The van der Waals surface area contributed by atoms with Crippen LogP contribution < -0.4 is 0 Å². The number of nitrogens with zero attached hydrogens (tertiary/aromatic N) is 4. The van der Waals surface area contributed by atoms with Crippen LogP contribution in [0.4, 0.5) is 13.2 Å². The molecule has 2 aromatic heterocycles. The van der Waals surface area contributed by atoms with E-state index in [4.69, 9.17) is 5.11 Å². The van der Waals surface area contributed by atoms with Gasteiger partial charge in [0.15, 0.2) is 0 Å². The average molecular weight is 484 g/mol. The third-order valence-electron chi connectivity index (χ3n) is 5.68. The zero-order chi connectivity index (χ0) is 25.2. The smallest absolute Gasteiger partial charge is 0.416 e. The van der Waals surface area contributed by atoms with Crippen LogP contribution in [0.5, 0.6) is 0 Å². The highest BCUT2D eigenvalue weighted by Crippen LogP contribution is 2.36. The Balaban J connectivity index is 1.74. The number of carbonyl (C=O) groups excluding carboxylic acids is 1. The van der Waals surface area contributed by atoms with Gasteiger partial charge in [-0.3, -0.25) is 24.5 Å². The molecule has 0 atom stereocenters. The normalized spacial score (nSPS) is 13.5. The van der Waals surface area contributed by atoms with Crippen LogP contribution in [0.1, 0.15) is 40.9 Å². The third kappa shape index (κ3) is 6.20. The van der Waals surface area contributed by atoms with Gasteiger partial charge in [0.2, 0.25) is 5.91 Å². The number of carboxylic acids is 1. The van der Waals surface area contributed by atoms with Gasteiger partial charge in [0.05, 0.1) is 36.1 Å². The SMILES string of the molecule is Cc1cnc(CN(Cc2cc(C(F)(F)F)ccc2-c2cncc(CC(=O)O)c2)C(=O)C2CC2)cn1. The number of halogens is 3. The second kappa shape index (κ2) is 9.81. The number of carbonyl (C=O) groups is 2. The summed E-state index contributed by atoms with van der Waals surface area (Å²) in [4.78, 5) is 38.2. The summed E-state index contributed by atoms with van der Waals surface area (Å²) >= 11 is 0. The summed E-state index contributed by atoms with van der Waals surface area (Å²) < 4.78 is 40.7. The molecule has 0 bridgehead atoms. The van der Waals surface area contributed by atoms with Crippen molar-refractivity contribution < 1.29 is 27.9 Å². The van der Waals surface area contributed by atoms with Gasteiger partial charge in [0, 0.05) is 36.6 Å². The van der Waals surface area contributed by atoms with E-state index in [2.05, 4.69) is 15.0 Å². The topological polar surface area (TPSA) is 96.3 Å². The van der Waals surface area contributed by atoms with Gasteiger partial charge in [0.1, 0.15) is 0 Å². The molecule has 7 nitrogen and oxygen atoms in total. The second-order valence-corrected chi connectivity index (χ2v) is 8.64. The first-order chi connectivity index (χ1) is 16.6. The number of aromatic nitrogens is 3. The van der Waals surface area contributed by atoms with Crippen LogP contribution in [0.15, 0.2) is 49.1 Å². The maximum atomic E-state index is 13.6. The standard InChI is InChI=1S/C25H23F3N4O3/c1-15-9-31-21(12-30-15)14-32(24(35)17-2-3-17)13-19-8-20(25(26,27)28)4-5-22(19)18-6-16(7-23(33)34)10-29-11-18/h4-6,8-12,17H,2-3,7,13-14H2,1H3,(H,33,34). The summed E-state index contributed by atoms with van der Waals surface area (Å²) in [6, 6.07) is 4.94. The lowest BCUT2D eigenvalue weighted by Crippen LogP contribution is -2.32. The minimum Gasteiger partial charge on any atom is -0.481 e. The average Bonchev–Trinajstić information content (AvgIpc) is 3.64. The predicted molar refractivity (Wildman–Crippen MR) is 120 cm³/mol. The number of alkyl halides is 3. The summed E-state index contributed by atoms with van der Waals surface area (Å²) in [7, 11) is 0. The summed E-state index contributed by atoms with van der Waals surface area (Å²) in [5.41, 5.74) is 2.03. The lowest BCUT2D eigenvalue weighted by atomic mass is 9.96. The van der Waals surface area contributed by atoms with E-state index >= 15 is 0 Å². The first-order valence-electron chi connectivity index (χ1n) is 11.0. The molecule has 2 heterocycles. The summed E-state index contributed by atoms with van der Waals surface area (Å²) in [5, 5.41) is 9.10. The molecule has 1 fully saturated rings. The molecule has 1 aliphatic carbocycles. The molecule has 3 aromatic rings. The van der Waals surface area contributed by atoms with Gasteiger partial charge < -0.3 is 10.0 Å². The highest BCUT2D eigenvalue weighted by Gasteiger charge is 2.35. The zero-order valence-corrected chi connectivity index (χ0v) is 18.9. The van der Waals surface area contributed by atoms with Crippen LogP contribution in [0.3, 0.4) is 0 Å². The largest absolute Gasteiger partial charge is 0.481 e. The summed E-state index contributed by atoms with van der Waals surface area (Å²) in [5.74, 6) is -1.34. The predicted octanol–water partition coefficient (Wildman–Crippen LogP) is 4.43. The second-order valence-electron chi connectivity index (χ2n) is 8.64. The monoisotopic (exact) mass is 484 g/mol. The van der Waals surface area contributed by atoms with Crippen LogP contribution in [-0.2, 0) is 35.3 Å². The molecule has 1 aliphatic rings. The Morgan fingerprint density at radius 1 is 1.06 bits per heavy atom. The molecule has 0 saturated heterocycles. The molecule has 1 amide bonds. The number of aliphatic carboxylic acids is 1. The Morgan fingerprint density at radius 2 is 1.83 bits per heavy atom. The Kier molecular flexibility index (Phi) is 6.81. The van der Waals surface area contributed by atoms with E-state index in [1.807, 2.05) is 0 Å². The van der Waals surface area contributed by atoms with Crippen molar-refractivity contribution in [3.8, 4) is 11.1 Å². The fourth-order valence-electron chi connectivity index (χ4n) is 3.79. The summed E-state index contributed by atoms with van der Waals surface area (Å²) in [6.07, 6.45) is 2.65. The third-order valence-corrected chi connectivity index (χ3v) is 5.68. The van der Waals surface area contributed by atoms with Crippen molar-refractivity contribution in [2.45, 2.75) is 45.5 Å². The molecule has 0 spiro atoms. The number of hydrogen-bond acceptors (Lipinski definition) is 5. The van der Waals surface area contributed by atoms with Crippen LogP contribution in [0.2, 0.25) is 0 Å². The molecule has 0 unspecified atom stereocenters. The summed E-state index contributed by atoms with van der Waals surface area (Å²) in [6.45, 7) is 1.81. The number of benzene rings is 1. The van der Waals surface area contributed by atoms with Crippen molar-refractivity contribution in [2.24, 2.45) is 5.92 Å². The van der Waals surface area contributed by atoms with Crippen molar-refractivity contribution in [2.75, 3.05) is 0 Å². The van der Waals surface area contributed by atoms with Gasteiger partial charge >= 0.3 is 12.1 Å². The lowest BCUT2D eigenvalue weighted by Gasteiger charge is -2.25. The van der Waals surface area contributed by atoms with Gasteiger partial charge in [-0.05, 0) is 54.7 Å². The van der Waals surface area contributed by atoms with E-state index < -0.39 is 17.7 Å². The Morgan fingerprint density at radius 3 is 2.46 bits per heavy atom. The first-order valence-corrected chi connectivity index (χ1v) is 11.0. The van der Waals surface area contributed by atoms with E-state index in [9.17, 15) is 22.8 Å². The van der Waals surface area contributed by atoms with Crippen LogP contribution in [-0.4, -0.2) is 36.8 Å². The van der Waals surface area contributed by atoms with Gasteiger partial charge in [-0.25, -0.2) is 0 Å². The fraction of sp³-hybridized carbons (Fsp3) is 0.320. The van der Waals surface area contributed by atoms with Crippen LogP contribution in [0, 0.1) is 12.8 Å². The van der Waals surface area contributed by atoms with Gasteiger partial charge in [-0.1, -0.05) is 6.07 Å². The number of pyridine rings is 1. The number of carboxylic acid groups (broad SMARTS) is 1. The van der Waals surface area contributed by atoms with E-state index in [0.717, 1.165) is 25.0 Å². The minimum atomic E-state index is -4.57. The first kappa shape index (κ1) is 24.3. The maximum absolute atomic E-state index is 13.6. The highest BCUT2D eigenvalue weighted by atomic mass is 19.4. The maximum Gasteiger partial charge on any atom is 0.416 e. The van der Waals surface area contributed by atoms with E-state index in [0.29, 0.717) is 28.1 Å². The van der Waals surface area contributed by atoms with Gasteiger partial charge in [-0.15, -0.1) is 0 Å². The van der Waals surface area contributed by atoms with Crippen molar-refractivity contribution in [1.82, 2.24) is 19.9 Å². The minimum absolute atomic E-state index is 0.0761. The number of aryl methyl sites for hydroxylation is 1. The molecular weight excluding hydrogens is 461 g/mol. The molecule has 4 rings (SSSR count). The zero-order valence-electron chi connectivity index (χ0n) is 18.9. The van der Waals surface area contributed by atoms with Crippen molar-refractivity contribution in [3.63, 3.8) is 0 Å². The molecule has 1 N–H and O–H groups in total. The van der Waals surface area contributed by atoms with E-state index in [-0.39, 0.29) is 36.9 Å². The molecule has 10 heteroatoms. The Labute approximate surface area is 199 Å². The fourth-order valence-corrected chi connectivity index (χ4v) is 3.79. The Bertz CT molecular complexity index is 1240.